The zero-order chi connectivity index (χ0) is 20.8. The van der Waals surface area contributed by atoms with Gasteiger partial charge in [0.1, 0.15) is 0 Å². The van der Waals surface area contributed by atoms with Crippen LogP contribution in [0.15, 0.2) is 39.9 Å². The van der Waals surface area contributed by atoms with Crippen LogP contribution in [0.3, 0.4) is 0 Å². The molecule has 0 radical (unpaired) electrons. The van der Waals surface area contributed by atoms with E-state index in [9.17, 15) is 4.79 Å². The van der Waals surface area contributed by atoms with Crippen molar-refractivity contribution in [2.45, 2.75) is 12.1 Å². The maximum Gasteiger partial charge on any atom is 0.264 e. The monoisotopic (exact) mass is 431 g/mol. The molecule has 0 bridgehead atoms. The molecule has 0 atom stereocenters. The van der Waals surface area contributed by atoms with Gasteiger partial charge < -0.3 is 16.1 Å². The van der Waals surface area contributed by atoms with Gasteiger partial charge in [0, 0.05) is 25.2 Å². The summed E-state index contributed by atoms with van der Waals surface area (Å²) in [6.45, 7) is 1.87. The Morgan fingerprint density at radius 1 is 1.34 bits per heavy atom. The Morgan fingerprint density at radius 2 is 2.10 bits per heavy atom. The van der Waals surface area contributed by atoms with Gasteiger partial charge in [-0.25, -0.2) is 15.1 Å². The topological polar surface area (TPSA) is 126 Å². The minimum absolute atomic E-state index is 0.134. The smallest absolute Gasteiger partial charge is 0.264 e. The van der Waals surface area contributed by atoms with Crippen molar-refractivity contribution < 1.29 is 4.79 Å². The molecule has 12 heteroatoms. The van der Waals surface area contributed by atoms with Crippen LogP contribution in [0.5, 0.6) is 0 Å². The summed E-state index contributed by atoms with van der Waals surface area (Å²) in [4.78, 5) is 18.2. The van der Waals surface area contributed by atoms with Crippen molar-refractivity contribution in [3.63, 3.8) is 0 Å². The van der Waals surface area contributed by atoms with Crippen LogP contribution in [-0.4, -0.2) is 51.8 Å². The lowest BCUT2D eigenvalue weighted by molar-refractivity contribution is -0.113. The summed E-state index contributed by atoms with van der Waals surface area (Å²) in [5, 5.41) is 17.6. The third-order valence-corrected chi connectivity index (χ3v) is 5.47. The molecule has 0 unspecified atom stereocenters. The molecule has 0 spiro atoms. The van der Waals surface area contributed by atoms with Gasteiger partial charge in [0.15, 0.2) is 5.13 Å². The quantitative estimate of drug-likeness (QED) is 0.214. The zero-order valence-electron chi connectivity index (χ0n) is 16.2. The van der Waals surface area contributed by atoms with Gasteiger partial charge in [-0.1, -0.05) is 23.9 Å². The van der Waals surface area contributed by atoms with Crippen LogP contribution in [0.25, 0.3) is 0 Å². The van der Waals surface area contributed by atoms with E-state index in [-0.39, 0.29) is 17.6 Å². The SMILES string of the molecule is Cc1csc(NC(=O)CSc2nnc(N/N=C/c3ccc(N(C)C)cc3)n2N)n1. The second-order valence-corrected chi connectivity index (χ2v) is 7.96. The molecule has 0 aliphatic carbocycles. The van der Waals surface area contributed by atoms with Crippen LogP contribution in [0.1, 0.15) is 11.3 Å². The fourth-order valence-corrected chi connectivity index (χ4v) is 3.53. The first-order valence-corrected chi connectivity index (χ1v) is 10.4. The number of amides is 1. The van der Waals surface area contributed by atoms with Gasteiger partial charge in [0.05, 0.1) is 17.7 Å². The Bertz CT molecular complexity index is 995. The third-order valence-electron chi connectivity index (χ3n) is 3.65. The molecule has 0 fully saturated rings. The number of benzene rings is 1. The minimum atomic E-state index is -0.193. The highest BCUT2D eigenvalue weighted by Gasteiger charge is 2.12. The molecular formula is C17H21N9OS2. The molecule has 3 aromatic rings. The third kappa shape index (κ3) is 5.68. The summed E-state index contributed by atoms with van der Waals surface area (Å²) >= 11 is 2.55. The van der Waals surface area contributed by atoms with Gasteiger partial charge in [0.25, 0.3) is 5.95 Å². The molecule has 4 N–H and O–H groups in total. The summed E-state index contributed by atoms with van der Waals surface area (Å²) < 4.78 is 1.25. The van der Waals surface area contributed by atoms with Crippen molar-refractivity contribution in [1.82, 2.24) is 19.9 Å². The molecule has 1 aromatic carbocycles. The zero-order valence-corrected chi connectivity index (χ0v) is 17.8. The average molecular weight is 432 g/mol. The molecule has 2 heterocycles. The van der Waals surface area contributed by atoms with Crippen LogP contribution in [-0.2, 0) is 4.79 Å². The van der Waals surface area contributed by atoms with Crippen LogP contribution in [0.2, 0.25) is 0 Å². The Labute approximate surface area is 176 Å². The summed E-state index contributed by atoms with van der Waals surface area (Å²) in [6.07, 6.45) is 1.66. The number of nitrogens with two attached hydrogens (primary N) is 1. The standard InChI is InChI=1S/C17H21N9OS2/c1-11-9-28-16(20-11)21-14(27)10-29-17-24-23-15(26(17)18)22-19-8-12-4-6-13(7-5-12)25(2)3/h4-9H,10,18H2,1-3H3,(H,22,23)(H,20,21,27)/b19-8+. The molecule has 29 heavy (non-hydrogen) atoms. The lowest BCUT2D eigenvalue weighted by Crippen LogP contribution is -2.16. The van der Waals surface area contributed by atoms with Crippen LogP contribution < -0.4 is 21.5 Å². The van der Waals surface area contributed by atoms with Crippen LogP contribution in [0.4, 0.5) is 16.8 Å². The Morgan fingerprint density at radius 3 is 2.76 bits per heavy atom. The number of thiazole rings is 1. The number of thioether (sulfide) groups is 1. The number of aryl methyl sites for hydroxylation is 1. The lowest BCUT2D eigenvalue weighted by Gasteiger charge is -2.11. The maximum atomic E-state index is 12.0. The van der Waals surface area contributed by atoms with E-state index in [0.717, 1.165) is 16.9 Å². The largest absolute Gasteiger partial charge is 0.378 e. The highest BCUT2D eigenvalue weighted by Crippen LogP contribution is 2.19. The first-order valence-electron chi connectivity index (χ1n) is 8.54. The molecule has 0 saturated carbocycles. The number of anilines is 3. The molecule has 10 nitrogen and oxygen atoms in total. The second-order valence-electron chi connectivity index (χ2n) is 6.16. The first kappa shape index (κ1) is 20.6. The molecule has 0 aliphatic rings. The van der Waals surface area contributed by atoms with Crippen molar-refractivity contribution in [2.75, 3.05) is 41.3 Å². The number of aromatic nitrogens is 4. The first-order chi connectivity index (χ1) is 13.9. The summed E-state index contributed by atoms with van der Waals surface area (Å²) in [6, 6.07) is 7.91. The van der Waals surface area contributed by atoms with E-state index < -0.39 is 0 Å². The van der Waals surface area contributed by atoms with Gasteiger partial charge in [-0.15, -0.1) is 21.5 Å². The van der Waals surface area contributed by atoms with E-state index in [0.29, 0.717) is 10.3 Å². The number of carbonyl (C=O) groups excluding carboxylic acids is 1. The number of nitrogens with one attached hydrogen (secondary N) is 2. The number of nitrogen functional groups attached to an aromatic ring is 1. The second kappa shape index (κ2) is 9.39. The highest BCUT2D eigenvalue weighted by atomic mass is 32.2. The molecule has 0 saturated heterocycles. The number of rotatable bonds is 8. The molecule has 2 aromatic heterocycles. The fourth-order valence-electron chi connectivity index (χ4n) is 2.17. The highest BCUT2D eigenvalue weighted by molar-refractivity contribution is 7.99. The number of hydrazone groups is 1. The van der Waals surface area contributed by atoms with Crippen molar-refractivity contribution in [2.24, 2.45) is 5.10 Å². The molecular weight excluding hydrogens is 410 g/mol. The number of carbonyl (C=O) groups is 1. The Balaban J connectivity index is 1.51. The van der Waals surface area contributed by atoms with E-state index in [2.05, 4.69) is 31.0 Å². The van der Waals surface area contributed by atoms with Crippen molar-refractivity contribution >= 4 is 52.0 Å². The number of nitrogens with zero attached hydrogens (tertiary/aromatic N) is 6. The van der Waals surface area contributed by atoms with Gasteiger partial charge >= 0.3 is 0 Å². The van der Waals surface area contributed by atoms with E-state index in [1.165, 1.54) is 27.8 Å². The molecule has 152 valence electrons. The van der Waals surface area contributed by atoms with Crippen molar-refractivity contribution in [3.05, 3.63) is 40.9 Å². The molecule has 1 amide bonds. The van der Waals surface area contributed by atoms with Gasteiger partial charge in [-0.3, -0.25) is 4.79 Å². The fraction of sp³-hybridized carbons (Fsp3) is 0.235. The summed E-state index contributed by atoms with van der Waals surface area (Å²) in [5.41, 5.74) is 5.65. The van der Waals surface area contributed by atoms with Crippen LogP contribution in [0, 0.1) is 6.92 Å². The lowest BCUT2D eigenvalue weighted by atomic mass is 10.2. The summed E-state index contributed by atoms with van der Waals surface area (Å²) in [7, 11) is 3.97. The van der Waals surface area contributed by atoms with E-state index >= 15 is 0 Å². The van der Waals surface area contributed by atoms with Gasteiger partial charge in [-0.2, -0.15) is 5.10 Å². The average Bonchev–Trinajstić information content (AvgIpc) is 3.26. The Kier molecular flexibility index (Phi) is 6.67. The number of hydrogen-bond donors (Lipinski definition) is 3. The summed E-state index contributed by atoms with van der Waals surface area (Å²) in [5.74, 6) is 6.17. The normalized spacial score (nSPS) is 11.0. The molecule has 0 aliphatic heterocycles. The molecule has 3 rings (SSSR count). The maximum absolute atomic E-state index is 12.0. The Hall–Kier alpha value is -3.12. The van der Waals surface area contributed by atoms with Crippen molar-refractivity contribution in [3.8, 4) is 0 Å². The van der Waals surface area contributed by atoms with E-state index in [4.69, 9.17) is 5.84 Å². The predicted octanol–water partition coefficient (Wildman–Crippen LogP) is 2.00. The van der Waals surface area contributed by atoms with Crippen molar-refractivity contribution in [1.29, 1.82) is 0 Å². The minimum Gasteiger partial charge on any atom is -0.378 e. The predicted molar refractivity (Wildman–Crippen MR) is 118 cm³/mol. The van der Waals surface area contributed by atoms with Gasteiger partial charge in [0.2, 0.25) is 11.1 Å². The van der Waals surface area contributed by atoms with E-state index in [1.54, 1.807) is 6.21 Å². The van der Waals surface area contributed by atoms with Gasteiger partial charge in [-0.05, 0) is 24.6 Å². The van der Waals surface area contributed by atoms with Crippen LogP contribution >= 0.6 is 23.1 Å². The number of hydrogen-bond acceptors (Lipinski definition) is 10. The van der Waals surface area contributed by atoms with E-state index in [1.807, 2.05) is 55.6 Å².